The molecule has 0 aliphatic heterocycles. The zero-order valence-corrected chi connectivity index (χ0v) is 12.1. The van der Waals surface area contributed by atoms with Crippen LogP contribution in [0.1, 0.15) is 57.8 Å². The highest BCUT2D eigenvalue weighted by Gasteiger charge is 2.39. The minimum Gasteiger partial charge on any atom is -0.338 e. The maximum Gasteiger partial charge on any atom is 0.248 e. The van der Waals surface area contributed by atoms with Crippen LogP contribution in [-0.2, 0) is 4.79 Å². The van der Waals surface area contributed by atoms with Gasteiger partial charge in [-0.15, -0.1) is 0 Å². The number of alkyl halides is 2. The molecule has 0 aromatic rings. The molecule has 2 aliphatic carbocycles. The Hall–Kier alpha value is -0.710. The van der Waals surface area contributed by atoms with Crippen LogP contribution in [0.2, 0.25) is 0 Å². The Labute approximate surface area is 119 Å². The smallest absolute Gasteiger partial charge is 0.248 e. The first kappa shape index (κ1) is 15.7. The molecule has 5 heteroatoms. The van der Waals surface area contributed by atoms with Crippen molar-refractivity contribution in [3.63, 3.8) is 0 Å². The SMILES string of the molecule is NCCN(C(=O)C1CCC(F)(F)CC1)C1CCCCC1. The number of halogens is 2. The first-order chi connectivity index (χ1) is 9.53. The van der Waals surface area contributed by atoms with Gasteiger partial charge in [0.15, 0.2) is 0 Å². The van der Waals surface area contributed by atoms with E-state index in [1.165, 1.54) is 6.42 Å². The monoisotopic (exact) mass is 288 g/mol. The molecule has 0 heterocycles. The standard InChI is InChI=1S/C15H26F2N2O/c16-15(17)8-6-12(7-9-15)14(20)19(11-10-18)13-4-2-1-3-5-13/h12-13H,1-11,18H2. The van der Waals surface area contributed by atoms with Gasteiger partial charge in [-0.1, -0.05) is 19.3 Å². The number of rotatable bonds is 4. The predicted molar refractivity (Wildman–Crippen MR) is 74.5 cm³/mol. The maximum atomic E-state index is 13.2. The van der Waals surface area contributed by atoms with Crippen LogP contribution >= 0.6 is 0 Å². The molecule has 0 spiro atoms. The van der Waals surface area contributed by atoms with Crippen LogP contribution in [-0.4, -0.2) is 35.9 Å². The normalized spacial score (nSPS) is 24.6. The van der Waals surface area contributed by atoms with E-state index in [1.807, 2.05) is 4.90 Å². The molecule has 2 rings (SSSR count). The third kappa shape index (κ3) is 3.90. The summed E-state index contributed by atoms with van der Waals surface area (Å²) in [4.78, 5) is 14.5. The molecule has 2 fully saturated rings. The van der Waals surface area contributed by atoms with Crippen molar-refractivity contribution in [3.05, 3.63) is 0 Å². The first-order valence-electron chi connectivity index (χ1n) is 7.92. The molecule has 1 amide bonds. The number of carbonyl (C=O) groups excluding carboxylic acids is 1. The fourth-order valence-corrected chi connectivity index (χ4v) is 3.53. The van der Waals surface area contributed by atoms with Crippen LogP contribution in [0.15, 0.2) is 0 Å². The fraction of sp³-hybridized carbons (Fsp3) is 0.933. The van der Waals surface area contributed by atoms with E-state index in [9.17, 15) is 13.6 Å². The van der Waals surface area contributed by atoms with E-state index in [-0.39, 0.29) is 30.7 Å². The summed E-state index contributed by atoms with van der Waals surface area (Å²) in [6.07, 6.45) is 5.96. The van der Waals surface area contributed by atoms with Crippen molar-refractivity contribution in [1.29, 1.82) is 0 Å². The van der Waals surface area contributed by atoms with Crippen molar-refractivity contribution in [3.8, 4) is 0 Å². The Balaban J connectivity index is 1.96. The van der Waals surface area contributed by atoms with E-state index < -0.39 is 5.92 Å². The second-order valence-electron chi connectivity index (χ2n) is 6.24. The minimum absolute atomic E-state index is 0.0675. The Morgan fingerprint density at radius 1 is 1.10 bits per heavy atom. The second kappa shape index (κ2) is 6.83. The van der Waals surface area contributed by atoms with Gasteiger partial charge in [-0.3, -0.25) is 4.79 Å². The maximum absolute atomic E-state index is 13.2. The third-order valence-corrected chi connectivity index (χ3v) is 4.73. The van der Waals surface area contributed by atoms with Crippen LogP contribution in [0, 0.1) is 5.92 Å². The quantitative estimate of drug-likeness (QED) is 0.864. The second-order valence-corrected chi connectivity index (χ2v) is 6.24. The number of hydrogen-bond acceptors (Lipinski definition) is 2. The van der Waals surface area contributed by atoms with Gasteiger partial charge in [-0.05, 0) is 25.7 Å². The predicted octanol–water partition coefficient (Wildman–Crippen LogP) is 2.93. The molecule has 2 N–H and O–H groups in total. The van der Waals surface area contributed by atoms with Gasteiger partial charge in [0.25, 0.3) is 0 Å². The Bertz CT molecular complexity index is 320. The number of nitrogens with zero attached hydrogens (tertiary/aromatic N) is 1. The molecule has 0 aromatic carbocycles. The number of carbonyl (C=O) groups is 1. The molecule has 2 aliphatic rings. The highest BCUT2D eigenvalue weighted by Crippen LogP contribution is 2.37. The van der Waals surface area contributed by atoms with E-state index in [0.717, 1.165) is 25.7 Å². The minimum atomic E-state index is -2.57. The topological polar surface area (TPSA) is 46.3 Å². The zero-order valence-electron chi connectivity index (χ0n) is 12.1. The molecule has 0 atom stereocenters. The van der Waals surface area contributed by atoms with Gasteiger partial charge in [0.1, 0.15) is 0 Å². The molecular weight excluding hydrogens is 262 g/mol. The van der Waals surface area contributed by atoms with E-state index in [4.69, 9.17) is 5.73 Å². The van der Waals surface area contributed by atoms with Gasteiger partial charge in [0, 0.05) is 37.9 Å². The molecule has 20 heavy (non-hydrogen) atoms. The summed E-state index contributed by atoms with van der Waals surface area (Å²) in [7, 11) is 0. The summed E-state index contributed by atoms with van der Waals surface area (Å²) in [5, 5.41) is 0. The van der Waals surface area contributed by atoms with Crippen LogP contribution in [0.5, 0.6) is 0 Å². The zero-order chi connectivity index (χ0) is 14.6. The van der Waals surface area contributed by atoms with Crippen molar-refractivity contribution in [2.75, 3.05) is 13.1 Å². The summed E-state index contributed by atoms with van der Waals surface area (Å²) >= 11 is 0. The lowest BCUT2D eigenvalue weighted by Crippen LogP contribution is -2.47. The lowest BCUT2D eigenvalue weighted by Gasteiger charge is -2.38. The van der Waals surface area contributed by atoms with Crippen LogP contribution in [0.3, 0.4) is 0 Å². The highest BCUT2D eigenvalue weighted by molar-refractivity contribution is 5.79. The average Bonchev–Trinajstić information content (AvgIpc) is 2.45. The number of amides is 1. The van der Waals surface area contributed by atoms with Gasteiger partial charge in [0.2, 0.25) is 11.8 Å². The molecular formula is C15H26F2N2O. The van der Waals surface area contributed by atoms with E-state index in [1.54, 1.807) is 0 Å². The van der Waals surface area contributed by atoms with Crippen molar-refractivity contribution >= 4 is 5.91 Å². The van der Waals surface area contributed by atoms with Crippen LogP contribution in [0.4, 0.5) is 8.78 Å². The summed E-state index contributed by atoms with van der Waals surface area (Å²) in [5.74, 6) is -2.72. The van der Waals surface area contributed by atoms with Gasteiger partial charge >= 0.3 is 0 Å². The van der Waals surface area contributed by atoms with E-state index >= 15 is 0 Å². The van der Waals surface area contributed by atoms with E-state index in [2.05, 4.69) is 0 Å². The summed E-state index contributed by atoms with van der Waals surface area (Å²) in [6, 6.07) is 0.280. The van der Waals surface area contributed by atoms with Gasteiger partial charge in [-0.2, -0.15) is 0 Å². The molecule has 0 saturated heterocycles. The lowest BCUT2D eigenvalue weighted by molar-refractivity contribution is -0.142. The summed E-state index contributed by atoms with van der Waals surface area (Å²) in [5.41, 5.74) is 5.63. The largest absolute Gasteiger partial charge is 0.338 e. The van der Waals surface area contributed by atoms with Crippen molar-refractivity contribution in [2.24, 2.45) is 11.7 Å². The molecule has 0 bridgehead atoms. The average molecular weight is 288 g/mol. The molecule has 0 radical (unpaired) electrons. The fourth-order valence-electron chi connectivity index (χ4n) is 3.53. The first-order valence-corrected chi connectivity index (χ1v) is 7.92. The Kier molecular flexibility index (Phi) is 5.35. The number of hydrogen-bond donors (Lipinski definition) is 1. The summed E-state index contributed by atoms with van der Waals surface area (Å²) < 4.78 is 26.4. The van der Waals surface area contributed by atoms with Crippen molar-refractivity contribution in [1.82, 2.24) is 4.90 Å². The summed E-state index contributed by atoms with van der Waals surface area (Å²) in [6.45, 7) is 1.02. The Morgan fingerprint density at radius 3 is 2.25 bits per heavy atom. The third-order valence-electron chi connectivity index (χ3n) is 4.73. The molecule has 0 aromatic heterocycles. The lowest BCUT2D eigenvalue weighted by atomic mass is 9.84. The van der Waals surface area contributed by atoms with Crippen LogP contribution < -0.4 is 5.73 Å². The van der Waals surface area contributed by atoms with Gasteiger partial charge in [0.05, 0.1) is 0 Å². The molecule has 2 saturated carbocycles. The van der Waals surface area contributed by atoms with Gasteiger partial charge in [-0.25, -0.2) is 8.78 Å². The van der Waals surface area contributed by atoms with Crippen molar-refractivity contribution < 1.29 is 13.6 Å². The van der Waals surface area contributed by atoms with Gasteiger partial charge < -0.3 is 10.6 Å². The number of nitrogens with two attached hydrogens (primary N) is 1. The molecule has 116 valence electrons. The molecule has 0 unspecified atom stereocenters. The van der Waals surface area contributed by atoms with Crippen LogP contribution in [0.25, 0.3) is 0 Å². The molecule has 3 nitrogen and oxygen atoms in total. The van der Waals surface area contributed by atoms with E-state index in [0.29, 0.717) is 25.9 Å². The Morgan fingerprint density at radius 2 is 1.70 bits per heavy atom. The van der Waals surface area contributed by atoms with Crippen molar-refractivity contribution in [2.45, 2.75) is 69.8 Å². The highest BCUT2D eigenvalue weighted by atomic mass is 19.3.